The maximum absolute atomic E-state index is 12.4. The van der Waals surface area contributed by atoms with Crippen LogP contribution in [0, 0.1) is 0 Å². The van der Waals surface area contributed by atoms with Crippen LogP contribution in [0.2, 0.25) is 0 Å². The number of aromatic nitrogens is 3. The molecule has 0 spiro atoms. The number of carbonyl (C=O) groups excluding carboxylic acids is 1. The van der Waals surface area contributed by atoms with Gasteiger partial charge in [0.05, 0.1) is 11.9 Å². The molecule has 1 atom stereocenters. The van der Waals surface area contributed by atoms with Crippen molar-refractivity contribution in [3.8, 4) is 5.75 Å². The number of ether oxygens (including phenoxy) is 1. The third-order valence-electron chi connectivity index (χ3n) is 4.78. The predicted octanol–water partition coefficient (Wildman–Crippen LogP) is 0.721. The first-order valence-electron chi connectivity index (χ1n) is 10.1. The maximum Gasteiger partial charge on any atom is 0.333 e. The van der Waals surface area contributed by atoms with Crippen LogP contribution in [0.25, 0.3) is 12.2 Å². The molecule has 164 valence electrons. The highest BCUT2D eigenvalue weighted by atomic mass is 16.5. The topological polar surface area (TPSA) is 131 Å². The zero-order chi connectivity index (χ0) is 23.2. The molecule has 4 aromatic rings. The lowest BCUT2D eigenvalue weighted by Crippen LogP contribution is -2.46. The lowest BCUT2D eigenvalue weighted by molar-refractivity contribution is -0.136. The smallest absolute Gasteiger partial charge is 0.333 e. The highest BCUT2D eigenvalue weighted by molar-refractivity contribution is 5.79. The van der Waals surface area contributed by atoms with Crippen LogP contribution in [0.1, 0.15) is 22.9 Å². The van der Waals surface area contributed by atoms with Crippen molar-refractivity contribution in [1.29, 1.82) is 0 Å². The molecule has 0 radical (unpaired) electrons. The number of carbonyl (C=O) groups is 1. The van der Waals surface area contributed by atoms with Gasteiger partial charge in [-0.25, -0.2) is 4.79 Å². The normalized spacial score (nSPS) is 13.0. The minimum absolute atomic E-state index is 0.0496. The lowest BCUT2D eigenvalue weighted by atomic mass is 10.1. The molecule has 0 aliphatic heterocycles. The fourth-order valence-corrected chi connectivity index (χ4v) is 3.07. The maximum atomic E-state index is 12.4. The Labute approximate surface area is 187 Å². The molecule has 2 aromatic carbocycles. The molecule has 0 fully saturated rings. The van der Waals surface area contributed by atoms with E-state index in [2.05, 4.69) is 15.0 Å². The fraction of sp³-hybridized carbons (Fsp3) is 0.0400. The molecule has 0 saturated heterocycles. The fourth-order valence-electron chi connectivity index (χ4n) is 3.07. The number of nitrogens with one attached hydrogen (secondary N) is 2. The first-order valence-corrected chi connectivity index (χ1v) is 10.1. The van der Waals surface area contributed by atoms with Crippen LogP contribution in [0.4, 0.5) is 0 Å². The molecule has 1 unspecified atom stereocenters. The third kappa shape index (κ3) is 5.38. The summed E-state index contributed by atoms with van der Waals surface area (Å²) in [6, 6.07) is 20.2. The molecule has 0 amide bonds. The first-order chi connectivity index (χ1) is 16.0. The SMILES string of the molecule is NC(C(=O)Oc1ccc(/C=c2\[nH]c(=O)/c(=C/c3ccccc3)[nH]c2=O)nc1)c1ccccc1. The highest BCUT2D eigenvalue weighted by Crippen LogP contribution is 2.15. The molecular formula is C25H20N4O4. The van der Waals surface area contributed by atoms with E-state index in [4.69, 9.17) is 10.5 Å². The molecule has 2 aromatic heterocycles. The Morgan fingerprint density at radius 1 is 0.848 bits per heavy atom. The van der Waals surface area contributed by atoms with E-state index >= 15 is 0 Å². The predicted molar refractivity (Wildman–Crippen MR) is 124 cm³/mol. The Kier molecular flexibility index (Phi) is 6.38. The van der Waals surface area contributed by atoms with Gasteiger partial charge in [-0.1, -0.05) is 60.7 Å². The van der Waals surface area contributed by atoms with Gasteiger partial charge in [0.25, 0.3) is 11.1 Å². The molecule has 0 saturated carbocycles. The lowest BCUT2D eigenvalue weighted by Gasteiger charge is -2.11. The molecule has 8 nitrogen and oxygen atoms in total. The molecule has 2 heterocycles. The first kappa shape index (κ1) is 21.7. The van der Waals surface area contributed by atoms with Gasteiger partial charge in [0.15, 0.2) is 0 Å². The Hall–Kier alpha value is -4.56. The van der Waals surface area contributed by atoms with E-state index in [-0.39, 0.29) is 16.4 Å². The summed E-state index contributed by atoms with van der Waals surface area (Å²) in [6.45, 7) is 0. The van der Waals surface area contributed by atoms with Crippen LogP contribution in [-0.4, -0.2) is 20.9 Å². The van der Waals surface area contributed by atoms with E-state index in [1.54, 1.807) is 36.4 Å². The Balaban J connectivity index is 1.54. The molecule has 4 rings (SSSR count). The number of hydrogen-bond acceptors (Lipinski definition) is 6. The quantitative estimate of drug-likeness (QED) is 0.392. The van der Waals surface area contributed by atoms with Crippen molar-refractivity contribution < 1.29 is 9.53 Å². The van der Waals surface area contributed by atoms with Crippen molar-refractivity contribution in [3.63, 3.8) is 0 Å². The van der Waals surface area contributed by atoms with E-state index in [1.165, 1.54) is 18.3 Å². The second kappa shape index (κ2) is 9.71. The van der Waals surface area contributed by atoms with Crippen molar-refractivity contribution in [3.05, 3.63) is 127 Å². The van der Waals surface area contributed by atoms with Crippen molar-refractivity contribution in [1.82, 2.24) is 15.0 Å². The summed E-state index contributed by atoms with van der Waals surface area (Å²) in [5.74, 6) is -0.412. The van der Waals surface area contributed by atoms with E-state index in [0.29, 0.717) is 11.3 Å². The summed E-state index contributed by atoms with van der Waals surface area (Å²) in [6.07, 6.45) is 4.35. The second-order valence-electron chi connectivity index (χ2n) is 7.16. The van der Waals surface area contributed by atoms with E-state index in [1.807, 2.05) is 36.4 Å². The number of hydrogen-bond donors (Lipinski definition) is 3. The second-order valence-corrected chi connectivity index (χ2v) is 7.16. The minimum Gasteiger partial charge on any atom is -0.423 e. The van der Waals surface area contributed by atoms with Gasteiger partial charge in [0.1, 0.15) is 22.5 Å². The van der Waals surface area contributed by atoms with E-state index in [9.17, 15) is 14.4 Å². The van der Waals surface area contributed by atoms with Crippen LogP contribution >= 0.6 is 0 Å². The highest BCUT2D eigenvalue weighted by Gasteiger charge is 2.17. The zero-order valence-corrected chi connectivity index (χ0v) is 17.4. The number of nitrogens with zero attached hydrogens (tertiary/aromatic N) is 1. The van der Waals surface area contributed by atoms with Crippen LogP contribution < -0.4 is 32.3 Å². The number of pyridine rings is 1. The van der Waals surface area contributed by atoms with Crippen LogP contribution in [0.15, 0.2) is 88.6 Å². The molecule has 33 heavy (non-hydrogen) atoms. The Bertz CT molecular complexity index is 1490. The van der Waals surface area contributed by atoms with Gasteiger partial charge in [0.2, 0.25) is 0 Å². The number of esters is 1. The molecule has 0 aliphatic rings. The van der Waals surface area contributed by atoms with Crippen molar-refractivity contribution in [2.24, 2.45) is 5.73 Å². The molecule has 4 N–H and O–H groups in total. The monoisotopic (exact) mass is 440 g/mol. The number of H-pyrrole nitrogens is 2. The molecular weight excluding hydrogens is 420 g/mol. The average molecular weight is 440 g/mol. The van der Waals surface area contributed by atoms with Gasteiger partial charge in [-0.05, 0) is 35.4 Å². The van der Waals surface area contributed by atoms with Gasteiger partial charge in [-0.3, -0.25) is 14.6 Å². The molecule has 0 bridgehead atoms. The summed E-state index contributed by atoms with van der Waals surface area (Å²) in [5.41, 5.74) is 6.84. The van der Waals surface area contributed by atoms with Crippen LogP contribution in [0.3, 0.4) is 0 Å². The average Bonchev–Trinajstić information content (AvgIpc) is 2.84. The third-order valence-corrected chi connectivity index (χ3v) is 4.78. The molecule has 8 heteroatoms. The summed E-state index contributed by atoms with van der Waals surface area (Å²) in [5, 5.41) is 0.196. The number of nitrogens with two attached hydrogens (primary N) is 1. The summed E-state index contributed by atoms with van der Waals surface area (Å²) in [4.78, 5) is 46.4. The standard InChI is InChI=1S/C25H20N4O4/c26-22(17-9-5-2-6-10-17)25(32)33-19-12-11-18(27-15-19)14-21-24(31)28-20(23(30)29-21)13-16-7-3-1-4-8-16/h1-15,22H,26H2,(H,28,31)(H,29,30)/b20-13-,21-14-. The molecule has 0 aliphatic carbocycles. The van der Waals surface area contributed by atoms with E-state index < -0.39 is 23.1 Å². The van der Waals surface area contributed by atoms with Crippen molar-refractivity contribution in [2.45, 2.75) is 6.04 Å². The Morgan fingerprint density at radius 3 is 2.06 bits per heavy atom. The van der Waals surface area contributed by atoms with Gasteiger partial charge < -0.3 is 20.4 Å². The van der Waals surface area contributed by atoms with Crippen LogP contribution in [0.5, 0.6) is 5.75 Å². The van der Waals surface area contributed by atoms with Gasteiger partial charge in [-0.15, -0.1) is 0 Å². The van der Waals surface area contributed by atoms with Crippen molar-refractivity contribution >= 4 is 18.1 Å². The van der Waals surface area contributed by atoms with Gasteiger partial charge in [-0.2, -0.15) is 0 Å². The number of aromatic amines is 2. The minimum atomic E-state index is -0.924. The zero-order valence-electron chi connectivity index (χ0n) is 17.4. The van der Waals surface area contributed by atoms with Gasteiger partial charge >= 0.3 is 5.97 Å². The Morgan fingerprint density at radius 2 is 1.45 bits per heavy atom. The van der Waals surface area contributed by atoms with Crippen molar-refractivity contribution in [2.75, 3.05) is 0 Å². The van der Waals surface area contributed by atoms with Gasteiger partial charge in [0, 0.05) is 0 Å². The summed E-state index contributed by atoms with van der Waals surface area (Å²) >= 11 is 0. The summed E-state index contributed by atoms with van der Waals surface area (Å²) in [7, 11) is 0. The number of rotatable bonds is 5. The largest absolute Gasteiger partial charge is 0.423 e. The van der Waals surface area contributed by atoms with Crippen LogP contribution in [-0.2, 0) is 4.79 Å². The number of benzene rings is 2. The summed E-state index contributed by atoms with van der Waals surface area (Å²) < 4.78 is 5.28. The van der Waals surface area contributed by atoms with E-state index in [0.717, 1.165) is 5.56 Å².